The average Bonchev–Trinajstić information content (AvgIpc) is 2.68. The van der Waals surface area contributed by atoms with Crippen molar-refractivity contribution in [3.05, 3.63) is 78.2 Å². The molecule has 3 N–H and O–H groups in total. The summed E-state index contributed by atoms with van der Waals surface area (Å²) in [4.78, 5) is 8.41. The van der Waals surface area contributed by atoms with Gasteiger partial charge in [-0.15, -0.1) is 0 Å². The van der Waals surface area contributed by atoms with E-state index in [0.717, 1.165) is 36.6 Å². The molecule has 2 aromatic carbocycles. The van der Waals surface area contributed by atoms with Gasteiger partial charge in [-0.25, -0.2) is 9.97 Å². The smallest absolute Gasteiger partial charge is 0.138 e. The van der Waals surface area contributed by atoms with Crippen LogP contribution >= 0.6 is 0 Å². The third-order valence-corrected chi connectivity index (χ3v) is 4.55. The summed E-state index contributed by atoms with van der Waals surface area (Å²) in [6, 6.07) is 17.6. The first-order chi connectivity index (χ1) is 13.3. The largest absolute Gasteiger partial charge is 0.457 e. The first kappa shape index (κ1) is 17.2. The molecule has 1 aromatic heterocycles. The highest BCUT2D eigenvalue weighted by molar-refractivity contribution is 6.13. The lowest BCUT2D eigenvalue weighted by atomic mass is 10.0. The molecule has 0 aliphatic carbocycles. The van der Waals surface area contributed by atoms with Gasteiger partial charge in [-0.1, -0.05) is 18.2 Å². The molecular formula is C21H21N5O. The number of hydrogen-bond acceptors (Lipinski definition) is 6. The number of ether oxygens (including phenoxy) is 1. The van der Waals surface area contributed by atoms with Crippen LogP contribution in [-0.2, 0) is 0 Å². The molecule has 6 heteroatoms. The molecule has 0 saturated carbocycles. The van der Waals surface area contributed by atoms with Crippen molar-refractivity contribution in [2.75, 3.05) is 18.4 Å². The quantitative estimate of drug-likeness (QED) is 0.563. The molecular weight excluding hydrogens is 338 g/mol. The van der Waals surface area contributed by atoms with Crippen LogP contribution in [0.4, 0.5) is 5.82 Å². The van der Waals surface area contributed by atoms with Crippen LogP contribution in [0.25, 0.3) is 0 Å². The van der Waals surface area contributed by atoms with Gasteiger partial charge >= 0.3 is 0 Å². The molecule has 0 radical (unpaired) electrons. The lowest BCUT2D eigenvalue weighted by Gasteiger charge is -2.28. The molecule has 0 spiro atoms. The minimum atomic E-state index is 0.380. The number of hydrogen-bond donors (Lipinski definition) is 3. The van der Waals surface area contributed by atoms with Gasteiger partial charge in [-0.2, -0.15) is 0 Å². The van der Waals surface area contributed by atoms with Crippen LogP contribution in [0, 0.1) is 5.41 Å². The molecule has 1 atom stereocenters. The summed E-state index contributed by atoms with van der Waals surface area (Å²) in [5, 5.41) is 15.3. The molecule has 4 rings (SSSR count). The predicted molar refractivity (Wildman–Crippen MR) is 106 cm³/mol. The Bertz CT molecular complexity index is 907. The monoisotopic (exact) mass is 359 g/mol. The van der Waals surface area contributed by atoms with Crippen molar-refractivity contribution in [1.29, 1.82) is 5.41 Å². The van der Waals surface area contributed by atoms with Crippen molar-refractivity contribution in [3.63, 3.8) is 0 Å². The van der Waals surface area contributed by atoms with Crippen LogP contribution in [0.3, 0.4) is 0 Å². The van der Waals surface area contributed by atoms with Crippen molar-refractivity contribution in [2.45, 2.75) is 12.5 Å². The third kappa shape index (κ3) is 4.12. The van der Waals surface area contributed by atoms with Gasteiger partial charge in [0.05, 0.1) is 11.3 Å². The molecule has 136 valence electrons. The van der Waals surface area contributed by atoms with Crippen molar-refractivity contribution >= 4 is 11.5 Å². The van der Waals surface area contributed by atoms with Crippen molar-refractivity contribution < 1.29 is 4.74 Å². The van der Waals surface area contributed by atoms with E-state index < -0.39 is 0 Å². The van der Waals surface area contributed by atoms with E-state index in [1.807, 2.05) is 54.6 Å². The molecule has 1 aliphatic rings. The van der Waals surface area contributed by atoms with E-state index in [1.165, 1.54) is 6.33 Å². The van der Waals surface area contributed by atoms with E-state index >= 15 is 0 Å². The molecule has 0 bridgehead atoms. The SMILES string of the molecule is N=C(c1ccc(Oc2ccccc2)cc1)c1cncnc1NC[C@@H]1CCN1. The number of anilines is 1. The van der Waals surface area contributed by atoms with Gasteiger partial charge in [0.25, 0.3) is 0 Å². The molecule has 0 amide bonds. The third-order valence-electron chi connectivity index (χ3n) is 4.55. The van der Waals surface area contributed by atoms with Gasteiger partial charge < -0.3 is 15.4 Å². The van der Waals surface area contributed by atoms with Gasteiger partial charge in [0.2, 0.25) is 0 Å². The lowest BCUT2D eigenvalue weighted by Crippen LogP contribution is -2.47. The molecule has 3 aromatic rings. The van der Waals surface area contributed by atoms with E-state index in [9.17, 15) is 0 Å². The van der Waals surface area contributed by atoms with E-state index in [4.69, 9.17) is 10.1 Å². The summed E-state index contributed by atoms with van der Waals surface area (Å²) >= 11 is 0. The Hall–Kier alpha value is -3.25. The zero-order valence-electron chi connectivity index (χ0n) is 14.9. The van der Waals surface area contributed by atoms with E-state index in [2.05, 4.69) is 20.6 Å². The number of aromatic nitrogens is 2. The Balaban J connectivity index is 1.47. The van der Waals surface area contributed by atoms with Gasteiger partial charge in [0.15, 0.2) is 0 Å². The maximum Gasteiger partial charge on any atom is 0.138 e. The van der Waals surface area contributed by atoms with Crippen molar-refractivity contribution in [2.24, 2.45) is 0 Å². The minimum absolute atomic E-state index is 0.380. The molecule has 1 saturated heterocycles. The second-order valence-electron chi connectivity index (χ2n) is 6.42. The normalized spacial score (nSPS) is 15.6. The molecule has 27 heavy (non-hydrogen) atoms. The topological polar surface area (TPSA) is 82.9 Å². The Morgan fingerprint density at radius 2 is 1.85 bits per heavy atom. The first-order valence-electron chi connectivity index (χ1n) is 8.99. The highest BCUT2D eigenvalue weighted by atomic mass is 16.5. The number of nitrogens with one attached hydrogen (secondary N) is 3. The van der Waals surface area contributed by atoms with E-state index in [-0.39, 0.29) is 0 Å². The Labute approximate surface area is 158 Å². The maximum absolute atomic E-state index is 8.57. The second-order valence-corrected chi connectivity index (χ2v) is 6.42. The van der Waals surface area contributed by atoms with E-state index in [0.29, 0.717) is 23.1 Å². The highest BCUT2D eigenvalue weighted by Gasteiger charge is 2.18. The zero-order chi connectivity index (χ0) is 18.5. The molecule has 1 aliphatic heterocycles. The standard InChI is InChI=1S/C21H21N5O/c22-20(19-13-23-14-26-21(19)25-12-16-10-11-24-16)15-6-8-18(9-7-15)27-17-4-2-1-3-5-17/h1-9,13-14,16,22,24H,10-12H2,(H,23,25,26)/t16-/m0/s1. The van der Waals surface area contributed by atoms with Crippen LogP contribution in [0.15, 0.2) is 67.1 Å². The van der Waals surface area contributed by atoms with Gasteiger partial charge in [-0.05, 0) is 49.4 Å². The lowest BCUT2D eigenvalue weighted by molar-refractivity contribution is 0.386. The van der Waals surface area contributed by atoms with Crippen LogP contribution < -0.4 is 15.4 Å². The number of nitrogens with zero attached hydrogens (tertiary/aromatic N) is 2. The minimum Gasteiger partial charge on any atom is -0.457 e. The Morgan fingerprint density at radius 3 is 2.56 bits per heavy atom. The van der Waals surface area contributed by atoms with Gasteiger partial charge in [0.1, 0.15) is 23.6 Å². The molecule has 0 unspecified atom stereocenters. The van der Waals surface area contributed by atoms with Gasteiger partial charge in [-0.3, -0.25) is 5.41 Å². The Kier molecular flexibility index (Phi) is 5.07. The second kappa shape index (κ2) is 7.97. The molecule has 2 heterocycles. The van der Waals surface area contributed by atoms with Crippen molar-refractivity contribution in [1.82, 2.24) is 15.3 Å². The number of para-hydroxylation sites is 1. The summed E-state index contributed by atoms with van der Waals surface area (Å²) in [6.45, 7) is 1.86. The summed E-state index contributed by atoms with van der Waals surface area (Å²) < 4.78 is 5.81. The number of rotatable bonds is 7. The highest BCUT2D eigenvalue weighted by Crippen LogP contribution is 2.23. The van der Waals surface area contributed by atoms with E-state index in [1.54, 1.807) is 6.20 Å². The van der Waals surface area contributed by atoms with Crippen LogP contribution in [-0.4, -0.2) is 34.8 Å². The summed E-state index contributed by atoms with van der Waals surface area (Å²) in [6.07, 6.45) is 4.35. The molecule has 6 nitrogen and oxygen atoms in total. The van der Waals surface area contributed by atoms with Crippen LogP contribution in [0.2, 0.25) is 0 Å². The number of benzene rings is 2. The Morgan fingerprint density at radius 1 is 1.11 bits per heavy atom. The zero-order valence-corrected chi connectivity index (χ0v) is 14.9. The van der Waals surface area contributed by atoms with Gasteiger partial charge in [0, 0.05) is 24.3 Å². The first-order valence-corrected chi connectivity index (χ1v) is 8.99. The summed E-state index contributed by atoms with van der Waals surface area (Å²) in [5.41, 5.74) is 1.86. The average molecular weight is 359 g/mol. The van der Waals surface area contributed by atoms with Crippen LogP contribution in [0.1, 0.15) is 17.5 Å². The van der Waals surface area contributed by atoms with Crippen molar-refractivity contribution in [3.8, 4) is 11.5 Å². The predicted octanol–water partition coefficient (Wildman–Crippen LogP) is 3.46. The van der Waals surface area contributed by atoms with Crippen LogP contribution in [0.5, 0.6) is 11.5 Å². The summed E-state index contributed by atoms with van der Waals surface area (Å²) in [7, 11) is 0. The fourth-order valence-corrected chi connectivity index (χ4v) is 2.87. The fourth-order valence-electron chi connectivity index (χ4n) is 2.87. The summed E-state index contributed by atoms with van der Waals surface area (Å²) in [5.74, 6) is 2.21. The fraction of sp³-hybridized carbons (Fsp3) is 0.190. The maximum atomic E-state index is 8.57. The molecule has 1 fully saturated rings.